The maximum absolute atomic E-state index is 10.6. The molecule has 0 saturated heterocycles. The maximum Gasteiger partial charge on any atom is 0.328 e. The first-order valence-electron chi connectivity index (χ1n) is 3.78. The van der Waals surface area contributed by atoms with Gasteiger partial charge in [-0.1, -0.05) is 0 Å². The number of aliphatic carboxylic acids is 1. The quantitative estimate of drug-likeness (QED) is 0.720. The fourth-order valence-electron chi connectivity index (χ4n) is 1.14. The van der Waals surface area contributed by atoms with Gasteiger partial charge in [0, 0.05) is 5.69 Å². The van der Waals surface area contributed by atoms with Gasteiger partial charge in [0.05, 0.1) is 5.69 Å². The Bertz CT molecular complexity index is 304. The number of carbonyl (C=O) groups is 1. The predicted molar refractivity (Wildman–Crippen MR) is 44.0 cm³/mol. The van der Waals surface area contributed by atoms with Crippen molar-refractivity contribution >= 4 is 5.97 Å². The molecule has 0 aliphatic rings. The van der Waals surface area contributed by atoms with Gasteiger partial charge in [0.1, 0.15) is 6.04 Å². The van der Waals surface area contributed by atoms with Gasteiger partial charge in [0.25, 0.3) is 0 Å². The molecule has 1 aromatic rings. The summed E-state index contributed by atoms with van der Waals surface area (Å²) in [5.41, 5.74) is 1.73. The number of aromatic nitrogens is 2. The first-order valence-corrected chi connectivity index (χ1v) is 3.78. The minimum atomic E-state index is -0.860. The summed E-state index contributed by atoms with van der Waals surface area (Å²) in [5, 5.41) is 12.8. The Hall–Kier alpha value is -1.32. The van der Waals surface area contributed by atoms with Gasteiger partial charge in [-0.05, 0) is 26.8 Å². The van der Waals surface area contributed by atoms with Crippen molar-refractivity contribution in [1.82, 2.24) is 9.78 Å². The molecule has 0 aliphatic heterocycles. The lowest BCUT2D eigenvalue weighted by Gasteiger charge is -2.08. The highest BCUT2D eigenvalue weighted by Gasteiger charge is 2.15. The van der Waals surface area contributed by atoms with Gasteiger partial charge < -0.3 is 5.11 Å². The van der Waals surface area contributed by atoms with Crippen molar-refractivity contribution in [3.05, 3.63) is 17.5 Å². The second-order valence-corrected chi connectivity index (χ2v) is 2.89. The van der Waals surface area contributed by atoms with E-state index in [1.807, 2.05) is 19.9 Å². The lowest BCUT2D eigenvalue weighted by molar-refractivity contribution is -0.140. The highest BCUT2D eigenvalue weighted by Crippen LogP contribution is 2.09. The molecule has 0 amide bonds. The van der Waals surface area contributed by atoms with E-state index in [9.17, 15) is 4.79 Å². The molecule has 1 aromatic heterocycles. The van der Waals surface area contributed by atoms with Gasteiger partial charge in [-0.2, -0.15) is 5.10 Å². The lowest BCUT2D eigenvalue weighted by atomic mass is 10.3. The summed E-state index contributed by atoms with van der Waals surface area (Å²) in [5.74, 6) is -0.860. The Balaban J connectivity index is 3.02. The van der Waals surface area contributed by atoms with E-state index in [-0.39, 0.29) is 0 Å². The zero-order valence-electron chi connectivity index (χ0n) is 7.40. The van der Waals surface area contributed by atoms with Crippen LogP contribution in [0.4, 0.5) is 0 Å². The largest absolute Gasteiger partial charge is 0.480 e. The van der Waals surface area contributed by atoms with Crippen molar-refractivity contribution in [2.45, 2.75) is 26.8 Å². The lowest BCUT2D eigenvalue weighted by Crippen LogP contribution is -2.17. The third-order valence-corrected chi connectivity index (χ3v) is 1.77. The molecular weight excluding hydrogens is 156 g/mol. The second-order valence-electron chi connectivity index (χ2n) is 2.89. The average molecular weight is 168 g/mol. The van der Waals surface area contributed by atoms with Crippen molar-refractivity contribution in [1.29, 1.82) is 0 Å². The highest BCUT2D eigenvalue weighted by molar-refractivity contribution is 5.71. The third kappa shape index (κ3) is 1.47. The molecule has 1 heterocycles. The van der Waals surface area contributed by atoms with Crippen LogP contribution in [-0.2, 0) is 4.79 Å². The molecule has 1 rings (SSSR count). The van der Waals surface area contributed by atoms with Crippen molar-refractivity contribution in [3.63, 3.8) is 0 Å². The number of hydrogen-bond donors (Lipinski definition) is 1. The Morgan fingerprint density at radius 3 is 2.58 bits per heavy atom. The number of carboxylic acid groups (broad SMARTS) is 1. The van der Waals surface area contributed by atoms with Gasteiger partial charge in [0.2, 0.25) is 0 Å². The molecule has 4 heteroatoms. The van der Waals surface area contributed by atoms with Gasteiger partial charge in [0.15, 0.2) is 0 Å². The van der Waals surface area contributed by atoms with E-state index in [0.717, 1.165) is 11.4 Å². The molecule has 4 nitrogen and oxygen atoms in total. The molecule has 12 heavy (non-hydrogen) atoms. The molecule has 0 bridgehead atoms. The molecule has 0 fully saturated rings. The molecule has 1 N–H and O–H groups in total. The van der Waals surface area contributed by atoms with E-state index in [0.29, 0.717) is 0 Å². The standard InChI is InChI=1S/C8H12N2O2/c1-5-4-6(2)10(9-5)7(3)8(11)12/h4,7H,1-3H3,(H,11,12)/t7-/m1/s1. The van der Waals surface area contributed by atoms with Crippen LogP contribution in [0, 0.1) is 13.8 Å². The van der Waals surface area contributed by atoms with E-state index < -0.39 is 12.0 Å². The van der Waals surface area contributed by atoms with Crippen LogP contribution in [0.5, 0.6) is 0 Å². The average Bonchev–Trinajstić information content (AvgIpc) is 2.28. The topological polar surface area (TPSA) is 55.1 Å². The molecule has 0 spiro atoms. The van der Waals surface area contributed by atoms with Crippen LogP contribution < -0.4 is 0 Å². The minimum Gasteiger partial charge on any atom is -0.480 e. The van der Waals surface area contributed by atoms with E-state index in [4.69, 9.17) is 5.11 Å². The van der Waals surface area contributed by atoms with Crippen molar-refractivity contribution < 1.29 is 9.90 Å². The molecule has 0 radical (unpaired) electrons. The summed E-state index contributed by atoms with van der Waals surface area (Å²) >= 11 is 0. The van der Waals surface area contributed by atoms with Crippen LogP contribution in [0.15, 0.2) is 6.07 Å². The molecular formula is C8H12N2O2. The number of carboxylic acids is 1. The van der Waals surface area contributed by atoms with Gasteiger partial charge in [-0.15, -0.1) is 0 Å². The maximum atomic E-state index is 10.6. The molecule has 1 atom stereocenters. The molecule has 66 valence electrons. The predicted octanol–water partition coefficient (Wildman–Crippen LogP) is 1.15. The fourth-order valence-corrected chi connectivity index (χ4v) is 1.14. The van der Waals surface area contributed by atoms with Crippen molar-refractivity contribution in [2.24, 2.45) is 0 Å². The van der Waals surface area contributed by atoms with Crippen LogP contribution >= 0.6 is 0 Å². The normalized spacial score (nSPS) is 12.9. The van der Waals surface area contributed by atoms with Crippen LogP contribution in [-0.4, -0.2) is 20.9 Å². The smallest absolute Gasteiger partial charge is 0.328 e. The van der Waals surface area contributed by atoms with Crippen LogP contribution in [0.25, 0.3) is 0 Å². The summed E-state index contributed by atoms with van der Waals surface area (Å²) in [4.78, 5) is 10.6. The van der Waals surface area contributed by atoms with E-state index >= 15 is 0 Å². The van der Waals surface area contributed by atoms with Crippen molar-refractivity contribution in [2.75, 3.05) is 0 Å². The minimum absolute atomic E-state index is 0.585. The highest BCUT2D eigenvalue weighted by atomic mass is 16.4. The zero-order chi connectivity index (χ0) is 9.30. The second kappa shape index (κ2) is 2.97. The van der Waals surface area contributed by atoms with Crippen LogP contribution in [0.1, 0.15) is 24.4 Å². The van der Waals surface area contributed by atoms with Gasteiger partial charge >= 0.3 is 5.97 Å². The van der Waals surface area contributed by atoms with Gasteiger partial charge in [-0.25, -0.2) is 4.79 Å². The monoisotopic (exact) mass is 168 g/mol. The Morgan fingerprint density at radius 2 is 2.25 bits per heavy atom. The molecule has 0 aromatic carbocycles. The summed E-state index contributed by atoms with van der Waals surface area (Å²) < 4.78 is 1.51. The Labute approximate surface area is 70.8 Å². The first kappa shape index (κ1) is 8.77. The van der Waals surface area contributed by atoms with Gasteiger partial charge in [-0.3, -0.25) is 4.68 Å². The van der Waals surface area contributed by atoms with Crippen LogP contribution in [0.2, 0.25) is 0 Å². The number of nitrogens with zero attached hydrogens (tertiary/aromatic N) is 2. The summed E-state index contributed by atoms with van der Waals surface area (Å²) in [6.07, 6.45) is 0. The van der Waals surface area contributed by atoms with Crippen molar-refractivity contribution in [3.8, 4) is 0 Å². The molecule has 0 unspecified atom stereocenters. The summed E-state index contributed by atoms with van der Waals surface area (Å²) in [6.45, 7) is 5.30. The van der Waals surface area contributed by atoms with E-state index in [2.05, 4.69) is 5.10 Å². The fraction of sp³-hybridized carbons (Fsp3) is 0.500. The molecule has 0 saturated carbocycles. The SMILES string of the molecule is Cc1cc(C)n([C@H](C)C(=O)O)n1. The number of hydrogen-bond acceptors (Lipinski definition) is 2. The molecule has 0 aliphatic carbocycles. The number of aryl methyl sites for hydroxylation is 2. The Morgan fingerprint density at radius 1 is 1.67 bits per heavy atom. The van der Waals surface area contributed by atoms with E-state index in [1.54, 1.807) is 6.92 Å². The first-order chi connectivity index (χ1) is 5.52. The zero-order valence-corrected chi connectivity index (χ0v) is 7.40. The third-order valence-electron chi connectivity index (χ3n) is 1.77. The summed E-state index contributed by atoms with van der Waals surface area (Å²) in [6, 6.07) is 1.28. The Kier molecular flexibility index (Phi) is 2.17. The summed E-state index contributed by atoms with van der Waals surface area (Å²) in [7, 11) is 0. The number of rotatable bonds is 2. The van der Waals surface area contributed by atoms with Crippen LogP contribution in [0.3, 0.4) is 0 Å². The van der Waals surface area contributed by atoms with E-state index in [1.165, 1.54) is 4.68 Å².